The molecule has 3 amide bonds. The Morgan fingerprint density at radius 2 is 1.71 bits per heavy atom. The average molecular weight is 384 g/mol. The van der Waals surface area contributed by atoms with Gasteiger partial charge < -0.3 is 10.0 Å². The summed E-state index contributed by atoms with van der Waals surface area (Å²) in [5.41, 5.74) is 1.09. The second-order valence-electron chi connectivity index (χ2n) is 9.96. The zero-order valence-corrected chi connectivity index (χ0v) is 16.9. The molecule has 4 rings (SSSR count). The first kappa shape index (κ1) is 19.0. The molecule has 1 aromatic rings. The molecule has 3 aliphatic rings. The van der Waals surface area contributed by atoms with Gasteiger partial charge in [0.05, 0.1) is 11.1 Å². The van der Waals surface area contributed by atoms with Gasteiger partial charge in [0.25, 0.3) is 11.8 Å². The van der Waals surface area contributed by atoms with Gasteiger partial charge in [-0.25, -0.2) is 4.79 Å². The van der Waals surface area contributed by atoms with Crippen LogP contribution in [0.2, 0.25) is 0 Å². The van der Waals surface area contributed by atoms with Crippen molar-refractivity contribution in [2.75, 3.05) is 19.6 Å². The third-order valence-electron chi connectivity index (χ3n) is 7.02. The molecule has 1 N–H and O–H groups in total. The number of imide groups is 1. The smallest absolute Gasteiger partial charge is 0.407 e. The van der Waals surface area contributed by atoms with E-state index in [2.05, 4.69) is 27.7 Å². The summed E-state index contributed by atoms with van der Waals surface area (Å²) >= 11 is 0. The van der Waals surface area contributed by atoms with Gasteiger partial charge in [-0.2, -0.15) is 0 Å². The van der Waals surface area contributed by atoms with Crippen molar-refractivity contribution in [2.45, 2.75) is 34.1 Å². The number of carboxylic acid groups (broad SMARTS) is 1. The number of hydrogen-bond acceptors (Lipinski definition) is 3. The molecule has 0 bridgehead atoms. The summed E-state index contributed by atoms with van der Waals surface area (Å²) in [4.78, 5) is 39.5. The molecule has 0 aromatic heterocycles. The molecule has 6 nitrogen and oxygen atoms in total. The Balaban J connectivity index is 1.49. The first-order chi connectivity index (χ1) is 13.0. The van der Waals surface area contributed by atoms with Crippen LogP contribution in [-0.4, -0.2) is 52.4 Å². The van der Waals surface area contributed by atoms with Crippen molar-refractivity contribution >= 4 is 17.9 Å². The van der Waals surface area contributed by atoms with Gasteiger partial charge in [-0.05, 0) is 41.7 Å². The minimum atomic E-state index is -0.846. The lowest BCUT2D eigenvalue weighted by molar-refractivity contribution is -0.195. The van der Waals surface area contributed by atoms with Crippen LogP contribution < -0.4 is 0 Å². The monoisotopic (exact) mass is 384 g/mol. The predicted octanol–water partition coefficient (Wildman–Crippen LogP) is 3.58. The average Bonchev–Trinajstić information content (AvgIpc) is 2.76. The summed E-state index contributed by atoms with van der Waals surface area (Å²) in [6.45, 7) is 10.4. The fourth-order valence-electron chi connectivity index (χ4n) is 6.10. The van der Waals surface area contributed by atoms with Crippen LogP contribution in [0.25, 0.3) is 0 Å². The molecule has 2 heterocycles. The lowest BCUT2D eigenvalue weighted by atomic mass is 9.42. The van der Waals surface area contributed by atoms with Gasteiger partial charge in [0, 0.05) is 25.0 Å². The fourth-order valence-corrected chi connectivity index (χ4v) is 6.10. The molecule has 1 aliphatic carbocycles. The van der Waals surface area contributed by atoms with E-state index >= 15 is 0 Å². The Labute approximate surface area is 165 Å². The van der Waals surface area contributed by atoms with Crippen molar-refractivity contribution < 1.29 is 19.5 Å². The molecular formula is C22H28N2O4. The highest BCUT2D eigenvalue weighted by molar-refractivity contribution is 6.21. The Morgan fingerprint density at radius 1 is 1.18 bits per heavy atom. The van der Waals surface area contributed by atoms with E-state index in [9.17, 15) is 19.5 Å². The second-order valence-corrected chi connectivity index (χ2v) is 9.96. The molecule has 0 radical (unpaired) electrons. The van der Waals surface area contributed by atoms with E-state index < -0.39 is 6.09 Å². The maximum absolute atomic E-state index is 12.7. The van der Waals surface area contributed by atoms with Gasteiger partial charge in [-0.15, -0.1) is 0 Å². The van der Waals surface area contributed by atoms with Crippen LogP contribution in [0.4, 0.5) is 4.79 Å². The summed E-state index contributed by atoms with van der Waals surface area (Å²) in [7, 11) is 0. The number of amides is 3. The molecular weight excluding hydrogens is 356 g/mol. The quantitative estimate of drug-likeness (QED) is 0.808. The molecule has 2 aliphatic heterocycles. The van der Waals surface area contributed by atoms with Crippen LogP contribution in [0, 0.1) is 28.6 Å². The third-order valence-corrected chi connectivity index (χ3v) is 7.02. The molecule has 1 saturated carbocycles. The van der Waals surface area contributed by atoms with Crippen molar-refractivity contribution in [1.29, 1.82) is 0 Å². The van der Waals surface area contributed by atoms with Crippen LogP contribution in [0.3, 0.4) is 0 Å². The van der Waals surface area contributed by atoms with E-state index in [0.29, 0.717) is 42.6 Å². The normalized spacial score (nSPS) is 26.7. The first-order valence-electron chi connectivity index (χ1n) is 9.98. The van der Waals surface area contributed by atoms with Crippen molar-refractivity contribution in [1.82, 2.24) is 9.80 Å². The Bertz CT molecular complexity index is 815. The number of carbonyl (C=O) groups excluding carboxylic acids is 2. The zero-order chi connectivity index (χ0) is 20.4. The van der Waals surface area contributed by atoms with Gasteiger partial charge >= 0.3 is 6.09 Å². The van der Waals surface area contributed by atoms with Gasteiger partial charge in [-0.3, -0.25) is 14.5 Å². The number of rotatable bonds is 3. The first-order valence-corrected chi connectivity index (χ1v) is 9.98. The van der Waals surface area contributed by atoms with E-state index in [1.54, 1.807) is 24.3 Å². The number of nitrogens with zero attached hydrogens (tertiary/aromatic N) is 2. The van der Waals surface area contributed by atoms with Crippen molar-refractivity contribution in [3.63, 3.8) is 0 Å². The lowest BCUT2D eigenvalue weighted by Gasteiger charge is -2.68. The molecule has 1 spiro atoms. The third kappa shape index (κ3) is 2.65. The van der Waals surface area contributed by atoms with Crippen molar-refractivity contribution in [3.8, 4) is 0 Å². The Morgan fingerprint density at radius 3 is 2.18 bits per heavy atom. The molecule has 6 heteroatoms. The fraction of sp³-hybridized carbons (Fsp3) is 0.591. The number of fused-ring (bicyclic) bond motifs is 1. The van der Waals surface area contributed by atoms with E-state index in [-0.39, 0.29) is 28.6 Å². The Kier molecular flexibility index (Phi) is 4.11. The van der Waals surface area contributed by atoms with E-state index in [4.69, 9.17) is 0 Å². The maximum Gasteiger partial charge on any atom is 0.407 e. The predicted molar refractivity (Wildman–Crippen MR) is 104 cm³/mol. The van der Waals surface area contributed by atoms with Crippen LogP contribution in [0.5, 0.6) is 0 Å². The summed E-state index contributed by atoms with van der Waals surface area (Å²) in [6, 6.07) is 7.00. The van der Waals surface area contributed by atoms with Crippen LogP contribution in [-0.2, 0) is 0 Å². The summed E-state index contributed by atoms with van der Waals surface area (Å²) in [6.07, 6.45) is 0.115. The molecule has 28 heavy (non-hydrogen) atoms. The van der Waals surface area contributed by atoms with Crippen LogP contribution in [0.1, 0.15) is 54.8 Å². The van der Waals surface area contributed by atoms with E-state index in [0.717, 1.165) is 6.42 Å². The van der Waals surface area contributed by atoms with Gasteiger partial charge in [0.15, 0.2) is 0 Å². The SMILES string of the molecule is C[C@@H](CN1C(=O)c2ccccc2C1=O)C1CC2(CN(C(=O)O)C2)C1C(C)(C)C. The molecule has 2 fully saturated rings. The molecule has 3 atom stereocenters. The summed E-state index contributed by atoms with van der Waals surface area (Å²) in [5.74, 6) is 0.529. The Hall–Kier alpha value is -2.37. The standard InChI is InChI=1S/C22H28N2O4/c1-13(10-24-18(25)14-7-5-6-8-15(14)19(24)26)16-9-22(17(16)21(2,3)4)11-23(12-22)20(27)28/h5-8,13,16-17H,9-12H2,1-4H3,(H,27,28)/t13-,16?,17?/m0/s1. The summed E-state index contributed by atoms with van der Waals surface area (Å²) in [5, 5.41) is 9.23. The van der Waals surface area contributed by atoms with Crippen LogP contribution >= 0.6 is 0 Å². The minimum Gasteiger partial charge on any atom is -0.465 e. The highest BCUT2D eigenvalue weighted by atomic mass is 16.4. The van der Waals surface area contributed by atoms with Crippen molar-refractivity contribution in [2.24, 2.45) is 28.6 Å². The van der Waals surface area contributed by atoms with Gasteiger partial charge in [-0.1, -0.05) is 39.8 Å². The molecule has 1 saturated heterocycles. The van der Waals surface area contributed by atoms with Gasteiger partial charge in [0.1, 0.15) is 0 Å². The van der Waals surface area contributed by atoms with E-state index in [1.807, 2.05) is 0 Å². The lowest BCUT2D eigenvalue weighted by Crippen LogP contribution is -2.71. The molecule has 150 valence electrons. The zero-order valence-electron chi connectivity index (χ0n) is 16.9. The molecule has 2 unspecified atom stereocenters. The second kappa shape index (κ2) is 6.06. The number of likely N-dealkylation sites (tertiary alicyclic amines) is 1. The number of benzene rings is 1. The van der Waals surface area contributed by atoms with Crippen molar-refractivity contribution in [3.05, 3.63) is 35.4 Å². The highest BCUT2D eigenvalue weighted by Gasteiger charge is 2.64. The topological polar surface area (TPSA) is 77.9 Å². The molecule has 1 aromatic carbocycles. The maximum atomic E-state index is 12.7. The van der Waals surface area contributed by atoms with Crippen LogP contribution in [0.15, 0.2) is 24.3 Å². The highest BCUT2D eigenvalue weighted by Crippen LogP contribution is 2.64. The number of carbonyl (C=O) groups is 3. The summed E-state index contributed by atoms with van der Waals surface area (Å²) < 4.78 is 0. The number of hydrogen-bond donors (Lipinski definition) is 1. The van der Waals surface area contributed by atoms with E-state index in [1.165, 1.54) is 9.80 Å². The minimum absolute atomic E-state index is 0.0454. The largest absolute Gasteiger partial charge is 0.465 e. The van der Waals surface area contributed by atoms with Gasteiger partial charge in [0.2, 0.25) is 0 Å².